The first-order valence-corrected chi connectivity index (χ1v) is 9.33. The molecule has 0 heterocycles. The molecule has 0 saturated carbocycles. The summed E-state index contributed by atoms with van der Waals surface area (Å²) < 4.78 is 0. The fourth-order valence-corrected chi connectivity index (χ4v) is 3.29. The number of halogens is 2. The second kappa shape index (κ2) is 9.74. The van der Waals surface area contributed by atoms with E-state index in [1.54, 1.807) is 30.1 Å². The summed E-state index contributed by atoms with van der Waals surface area (Å²) in [4.78, 5) is 26.9. The van der Waals surface area contributed by atoms with Gasteiger partial charge >= 0.3 is 0 Å². The van der Waals surface area contributed by atoms with Gasteiger partial charge in [-0.2, -0.15) is 0 Å². The van der Waals surface area contributed by atoms with Crippen molar-refractivity contribution in [2.24, 2.45) is 0 Å². The maximum Gasteiger partial charge on any atom is 0.246 e. The SMILES string of the molecule is CC(C)NC(=O)CN(C)[C@H](C(=O)Nc1cc(Cl)cc(Cl)c1)c1ccccc1. The lowest BCUT2D eigenvalue weighted by Gasteiger charge is -2.27. The zero-order valence-corrected chi connectivity index (χ0v) is 17.0. The van der Waals surface area contributed by atoms with Crippen LogP contribution in [-0.4, -0.2) is 36.3 Å². The lowest BCUT2D eigenvalue weighted by atomic mass is 10.0. The summed E-state index contributed by atoms with van der Waals surface area (Å²) in [5.74, 6) is -0.425. The Kier molecular flexibility index (Phi) is 7.66. The minimum absolute atomic E-state index is 0.0310. The van der Waals surface area contributed by atoms with Gasteiger partial charge < -0.3 is 10.6 Å². The van der Waals surface area contributed by atoms with Crippen LogP contribution >= 0.6 is 23.2 Å². The normalized spacial score (nSPS) is 12.1. The van der Waals surface area contributed by atoms with Gasteiger partial charge in [-0.1, -0.05) is 53.5 Å². The minimum atomic E-state index is -0.651. The van der Waals surface area contributed by atoms with Crippen molar-refractivity contribution in [1.82, 2.24) is 10.2 Å². The van der Waals surface area contributed by atoms with Crippen LogP contribution in [0.25, 0.3) is 0 Å². The van der Waals surface area contributed by atoms with Gasteiger partial charge in [0.25, 0.3) is 0 Å². The van der Waals surface area contributed by atoms with E-state index < -0.39 is 6.04 Å². The summed E-state index contributed by atoms with van der Waals surface area (Å²) in [6.07, 6.45) is 0. The van der Waals surface area contributed by atoms with Crippen molar-refractivity contribution in [2.45, 2.75) is 25.9 Å². The Bertz CT molecular complexity index is 777. The topological polar surface area (TPSA) is 61.4 Å². The smallest absolute Gasteiger partial charge is 0.246 e. The molecule has 27 heavy (non-hydrogen) atoms. The van der Waals surface area contributed by atoms with Gasteiger partial charge in [-0.25, -0.2) is 0 Å². The largest absolute Gasteiger partial charge is 0.353 e. The second-order valence-corrected chi connectivity index (χ2v) is 7.47. The van der Waals surface area contributed by atoms with Gasteiger partial charge in [0.1, 0.15) is 6.04 Å². The maximum absolute atomic E-state index is 13.0. The fourth-order valence-electron chi connectivity index (χ4n) is 2.76. The number of carbonyl (C=O) groups is 2. The number of nitrogens with one attached hydrogen (secondary N) is 2. The summed E-state index contributed by atoms with van der Waals surface area (Å²) in [6, 6.07) is 13.5. The van der Waals surface area contributed by atoms with Crippen LogP contribution in [0.2, 0.25) is 10.0 Å². The van der Waals surface area contributed by atoms with Crippen LogP contribution in [0.1, 0.15) is 25.5 Å². The van der Waals surface area contributed by atoms with E-state index in [9.17, 15) is 9.59 Å². The molecule has 2 rings (SSSR count). The first-order valence-electron chi connectivity index (χ1n) is 8.57. The minimum Gasteiger partial charge on any atom is -0.353 e. The molecule has 0 aromatic heterocycles. The van der Waals surface area contributed by atoms with Crippen molar-refractivity contribution in [3.8, 4) is 0 Å². The summed E-state index contributed by atoms with van der Waals surface area (Å²) in [5, 5.41) is 6.53. The number of anilines is 1. The Hall–Kier alpha value is -2.08. The Morgan fingerprint density at radius 2 is 1.63 bits per heavy atom. The van der Waals surface area contributed by atoms with Gasteiger partial charge in [-0.05, 0) is 44.7 Å². The average molecular weight is 408 g/mol. The zero-order chi connectivity index (χ0) is 20.0. The van der Waals surface area contributed by atoms with Crippen molar-refractivity contribution in [1.29, 1.82) is 0 Å². The van der Waals surface area contributed by atoms with Crippen molar-refractivity contribution >= 4 is 40.7 Å². The molecule has 2 N–H and O–H groups in total. The van der Waals surface area contributed by atoms with Crippen LogP contribution in [0.5, 0.6) is 0 Å². The Labute approximate surface area is 169 Å². The summed E-state index contributed by atoms with van der Waals surface area (Å²) in [5.41, 5.74) is 1.28. The molecule has 0 spiro atoms. The van der Waals surface area contributed by atoms with E-state index in [1.807, 2.05) is 44.2 Å². The predicted octanol–water partition coefficient (Wildman–Crippen LogP) is 4.13. The Balaban J connectivity index is 2.24. The quantitative estimate of drug-likeness (QED) is 0.724. The molecule has 0 saturated heterocycles. The van der Waals surface area contributed by atoms with Crippen LogP contribution in [0.3, 0.4) is 0 Å². The molecule has 1 atom stereocenters. The van der Waals surface area contributed by atoms with Gasteiger partial charge in [-0.3, -0.25) is 14.5 Å². The van der Waals surface area contributed by atoms with Crippen LogP contribution in [0.15, 0.2) is 48.5 Å². The van der Waals surface area contributed by atoms with Crippen LogP contribution in [0, 0.1) is 0 Å². The zero-order valence-electron chi connectivity index (χ0n) is 15.5. The molecule has 0 radical (unpaired) electrons. The fraction of sp³-hybridized carbons (Fsp3) is 0.300. The molecular weight excluding hydrogens is 385 g/mol. The molecule has 2 amide bonds. The van der Waals surface area contributed by atoms with Gasteiger partial charge in [0.2, 0.25) is 11.8 Å². The molecule has 0 fully saturated rings. The highest BCUT2D eigenvalue weighted by Gasteiger charge is 2.27. The van der Waals surface area contributed by atoms with Gasteiger partial charge in [0.05, 0.1) is 6.54 Å². The summed E-state index contributed by atoms with van der Waals surface area (Å²) in [7, 11) is 1.74. The molecule has 2 aromatic carbocycles. The molecule has 0 aliphatic carbocycles. The molecule has 5 nitrogen and oxygen atoms in total. The molecule has 7 heteroatoms. The molecule has 0 unspecified atom stereocenters. The van der Waals surface area contributed by atoms with E-state index in [-0.39, 0.29) is 24.4 Å². The lowest BCUT2D eigenvalue weighted by molar-refractivity contribution is -0.125. The molecule has 0 aliphatic heterocycles. The second-order valence-electron chi connectivity index (χ2n) is 6.60. The Morgan fingerprint density at radius 3 is 2.19 bits per heavy atom. The highest BCUT2D eigenvalue weighted by molar-refractivity contribution is 6.35. The van der Waals surface area contributed by atoms with Crippen molar-refractivity contribution in [3.63, 3.8) is 0 Å². The van der Waals surface area contributed by atoms with E-state index in [0.29, 0.717) is 15.7 Å². The molecule has 0 aliphatic rings. The maximum atomic E-state index is 13.0. The van der Waals surface area contributed by atoms with Crippen LogP contribution < -0.4 is 10.6 Å². The molecule has 0 bridgehead atoms. The Morgan fingerprint density at radius 1 is 1.04 bits per heavy atom. The van der Waals surface area contributed by atoms with E-state index in [2.05, 4.69) is 10.6 Å². The van der Waals surface area contributed by atoms with Gasteiger partial charge in [-0.15, -0.1) is 0 Å². The first kappa shape index (κ1) is 21.2. The standard InChI is InChI=1S/C20H23Cl2N3O2/c1-13(2)23-18(26)12-25(3)19(14-7-5-4-6-8-14)20(27)24-17-10-15(21)9-16(22)11-17/h4-11,13,19H,12H2,1-3H3,(H,23,26)(H,24,27)/t19-/m0/s1. The number of hydrogen-bond acceptors (Lipinski definition) is 3. The van der Waals surface area contributed by atoms with Crippen molar-refractivity contribution < 1.29 is 9.59 Å². The van der Waals surface area contributed by atoms with Gasteiger partial charge in [0, 0.05) is 21.8 Å². The van der Waals surface area contributed by atoms with E-state index in [1.165, 1.54) is 0 Å². The third kappa shape index (κ3) is 6.54. The predicted molar refractivity (Wildman–Crippen MR) is 110 cm³/mol. The molecule has 2 aromatic rings. The lowest BCUT2D eigenvalue weighted by Crippen LogP contribution is -2.43. The van der Waals surface area contributed by atoms with Crippen LogP contribution in [0.4, 0.5) is 5.69 Å². The first-order chi connectivity index (χ1) is 12.8. The van der Waals surface area contributed by atoms with E-state index in [4.69, 9.17) is 23.2 Å². The monoisotopic (exact) mass is 407 g/mol. The number of benzene rings is 2. The summed E-state index contributed by atoms with van der Waals surface area (Å²) >= 11 is 12.0. The highest BCUT2D eigenvalue weighted by atomic mass is 35.5. The molecular formula is C20H23Cl2N3O2. The van der Waals surface area contributed by atoms with Crippen molar-refractivity contribution in [3.05, 3.63) is 64.1 Å². The van der Waals surface area contributed by atoms with Crippen LogP contribution in [-0.2, 0) is 9.59 Å². The van der Waals surface area contributed by atoms with Gasteiger partial charge in [0.15, 0.2) is 0 Å². The number of hydrogen-bond donors (Lipinski definition) is 2. The molecule has 144 valence electrons. The average Bonchev–Trinajstić information content (AvgIpc) is 2.53. The van der Waals surface area contributed by atoms with E-state index >= 15 is 0 Å². The number of amides is 2. The third-order valence-electron chi connectivity index (χ3n) is 3.78. The number of likely N-dealkylation sites (N-methyl/N-ethyl adjacent to an activating group) is 1. The third-order valence-corrected chi connectivity index (χ3v) is 4.21. The highest BCUT2D eigenvalue weighted by Crippen LogP contribution is 2.25. The number of nitrogens with zero attached hydrogens (tertiary/aromatic N) is 1. The number of rotatable bonds is 7. The number of carbonyl (C=O) groups excluding carboxylic acids is 2. The van der Waals surface area contributed by atoms with Crippen molar-refractivity contribution in [2.75, 3.05) is 18.9 Å². The summed E-state index contributed by atoms with van der Waals surface area (Å²) in [6.45, 7) is 3.87. The van der Waals surface area contributed by atoms with E-state index in [0.717, 1.165) is 5.56 Å².